The van der Waals surface area contributed by atoms with Crippen molar-refractivity contribution in [3.63, 3.8) is 0 Å². The van der Waals surface area contributed by atoms with E-state index in [1.54, 1.807) is 0 Å². The van der Waals surface area contributed by atoms with E-state index in [1.807, 2.05) is 24.3 Å². The van der Waals surface area contributed by atoms with Gasteiger partial charge in [0.1, 0.15) is 0 Å². The summed E-state index contributed by atoms with van der Waals surface area (Å²) in [7, 11) is 0. The number of thioether (sulfide) groups is 1. The van der Waals surface area contributed by atoms with E-state index in [0.29, 0.717) is 5.75 Å². The van der Waals surface area contributed by atoms with Crippen molar-refractivity contribution in [1.82, 2.24) is 5.32 Å². The zero-order chi connectivity index (χ0) is 14.3. The number of carbonyl (C=O) groups excluding carboxylic acids is 1. The van der Waals surface area contributed by atoms with Crippen LogP contribution in [0.4, 0.5) is 8.78 Å². The van der Waals surface area contributed by atoms with Crippen LogP contribution >= 0.6 is 40.1 Å². The molecule has 0 bridgehead atoms. The van der Waals surface area contributed by atoms with Crippen LogP contribution in [0.3, 0.4) is 0 Å². The van der Waals surface area contributed by atoms with Crippen molar-refractivity contribution in [2.45, 2.75) is 17.2 Å². The molecule has 0 saturated carbocycles. The summed E-state index contributed by atoms with van der Waals surface area (Å²) < 4.78 is 26.6. The molecule has 0 fully saturated rings. The van der Waals surface area contributed by atoms with Gasteiger partial charge in [0.05, 0.1) is 13.1 Å². The normalized spacial score (nSPS) is 10.8. The number of nitrogens with one attached hydrogen (secondary N) is 1. The second-order valence-electron chi connectivity index (χ2n) is 3.87. The largest absolute Gasteiger partial charge is 0.350 e. The minimum absolute atomic E-state index is 0. The Hall–Kier alpha value is -0.370. The molecule has 3 N–H and O–H groups in total. The van der Waals surface area contributed by atoms with Gasteiger partial charge in [-0.15, -0.1) is 24.2 Å². The predicted octanol–water partition coefficient (Wildman–Crippen LogP) is 3.06. The van der Waals surface area contributed by atoms with Crippen molar-refractivity contribution in [3.8, 4) is 0 Å². The number of hydrogen-bond donors (Lipinski definition) is 2. The Labute approximate surface area is 135 Å². The van der Waals surface area contributed by atoms with Crippen molar-refractivity contribution in [2.75, 3.05) is 18.8 Å². The molecule has 1 aromatic rings. The third-order valence-electron chi connectivity index (χ3n) is 2.27. The van der Waals surface area contributed by atoms with Crippen molar-refractivity contribution < 1.29 is 13.6 Å². The quantitative estimate of drug-likeness (QED) is 0.705. The van der Waals surface area contributed by atoms with Crippen molar-refractivity contribution >= 4 is 46.0 Å². The Morgan fingerprint density at radius 3 is 2.65 bits per heavy atom. The lowest BCUT2D eigenvalue weighted by Gasteiger charge is -2.14. The Morgan fingerprint density at radius 1 is 1.40 bits per heavy atom. The minimum atomic E-state index is -3.04. The molecule has 0 aliphatic rings. The van der Waals surface area contributed by atoms with Gasteiger partial charge in [0.25, 0.3) is 5.92 Å². The van der Waals surface area contributed by atoms with E-state index in [0.717, 1.165) is 9.37 Å². The summed E-state index contributed by atoms with van der Waals surface area (Å²) in [6.45, 7) is -1.47. The first-order valence-corrected chi connectivity index (χ1v) is 7.44. The summed E-state index contributed by atoms with van der Waals surface area (Å²) in [5.41, 5.74) is 4.87. The average Bonchev–Trinajstić information content (AvgIpc) is 2.39. The Morgan fingerprint density at radius 2 is 2.05 bits per heavy atom. The third-order valence-corrected chi connectivity index (χ3v) is 4.30. The topological polar surface area (TPSA) is 55.1 Å². The maximum absolute atomic E-state index is 12.8. The van der Waals surface area contributed by atoms with Crippen LogP contribution in [0.1, 0.15) is 6.42 Å². The number of hydrogen-bond acceptors (Lipinski definition) is 3. The van der Waals surface area contributed by atoms with Gasteiger partial charge in [0.15, 0.2) is 0 Å². The second kappa shape index (κ2) is 9.55. The standard InChI is InChI=1S/C12H15BrF2N2OS.ClH/c13-9-3-1-2-4-10(9)19-6-5-11(18)17-8-12(14,15)7-16;/h1-4H,5-8,16H2,(H,17,18);1H. The van der Waals surface area contributed by atoms with E-state index in [4.69, 9.17) is 5.73 Å². The van der Waals surface area contributed by atoms with Crippen LogP contribution in [0, 0.1) is 0 Å². The number of alkyl halides is 2. The zero-order valence-corrected chi connectivity index (χ0v) is 13.8. The highest BCUT2D eigenvalue weighted by atomic mass is 79.9. The monoisotopic (exact) mass is 388 g/mol. The molecule has 20 heavy (non-hydrogen) atoms. The SMILES string of the molecule is Cl.NCC(F)(F)CNC(=O)CCSc1ccccc1Br. The lowest BCUT2D eigenvalue weighted by atomic mass is 10.3. The third kappa shape index (κ3) is 7.42. The number of benzene rings is 1. The zero-order valence-electron chi connectivity index (χ0n) is 10.6. The lowest BCUT2D eigenvalue weighted by molar-refractivity contribution is -0.122. The molecule has 0 saturated heterocycles. The maximum atomic E-state index is 12.8. The molecule has 0 radical (unpaired) electrons. The van der Waals surface area contributed by atoms with Gasteiger partial charge in [0.2, 0.25) is 5.91 Å². The Bertz CT molecular complexity index is 438. The average molecular weight is 390 g/mol. The summed E-state index contributed by atoms with van der Waals surface area (Å²) in [6.07, 6.45) is 0.187. The molecule has 1 amide bonds. The second-order valence-corrected chi connectivity index (χ2v) is 5.86. The van der Waals surface area contributed by atoms with E-state index in [2.05, 4.69) is 21.2 Å². The number of halogens is 4. The van der Waals surface area contributed by atoms with Gasteiger partial charge in [-0.05, 0) is 28.1 Å². The van der Waals surface area contributed by atoms with Crippen molar-refractivity contribution in [2.24, 2.45) is 5.73 Å². The summed E-state index contributed by atoms with van der Waals surface area (Å²) in [6, 6.07) is 7.63. The molecular formula is C12H16BrClF2N2OS. The van der Waals surface area contributed by atoms with Gasteiger partial charge in [-0.3, -0.25) is 4.79 Å². The molecular weight excluding hydrogens is 374 g/mol. The smallest absolute Gasteiger partial charge is 0.277 e. The Balaban J connectivity index is 0.00000361. The van der Waals surface area contributed by atoms with Gasteiger partial charge in [-0.2, -0.15) is 0 Å². The molecule has 0 unspecified atom stereocenters. The Kier molecular flexibility index (Phi) is 9.37. The van der Waals surface area contributed by atoms with Gasteiger partial charge >= 0.3 is 0 Å². The lowest BCUT2D eigenvalue weighted by Crippen LogP contribution is -2.41. The van der Waals surface area contributed by atoms with E-state index < -0.39 is 24.9 Å². The molecule has 0 heterocycles. The number of rotatable bonds is 7. The van der Waals surface area contributed by atoms with Crippen LogP contribution in [0.2, 0.25) is 0 Å². The molecule has 0 aliphatic carbocycles. The molecule has 1 aromatic carbocycles. The first kappa shape index (κ1) is 19.6. The molecule has 8 heteroatoms. The summed E-state index contributed by atoms with van der Waals surface area (Å²) in [5, 5.41) is 2.18. The van der Waals surface area contributed by atoms with Gasteiger partial charge in [-0.25, -0.2) is 8.78 Å². The van der Waals surface area contributed by atoms with Crippen molar-refractivity contribution in [3.05, 3.63) is 28.7 Å². The fraction of sp³-hybridized carbons (Fsp3) is 0.417. The molecule has 0 aliphatic heterocycles. The maximum Gasteiger partial charge on any atom is 0.277 e. The van der Waals surface area contributed by atoms with Crippen LogP contribution < -0.4 is 11.1 Å². The van der Waals surface area contributed by atoms with Gasteiger partial charge in [-0.1, -0.05) is 12.1 Å². The summed E-state index contributed by atoms with van der Waals surface area (Å²) in [4.78, 5) is 12.4. The fourth-order valence-electron chi connectivity index (χ4n) is 1.20. The first-order chi connectivity index (χ1) is 8.94. The number of nitrogens with two attached hydrogens (primary N) is 1. The summed E-state index contributed by atoms with van der Waals surface area (Å²) >= 11 is 4.89. The molecule has 114 valence electrons. The van der Waals surface area contributed by atoms with Gasteiger partial charge < -0.3 is 11.1 Å². The van der Waals surface area contributed by atoms with Crippen LogP contribution in [0.15, 0.2) is 33.6 Å². The van der Waals surface area contributed by atoms with Crippen LogP contribution in [0.25, 0.3) is 0 Å². The van der Waals surface area contributed by atoms with Crippen LogP contribution in [0.5, 0.6) is 0 Å². The molecule has 1 rings (SSSR count). The molecule has 0 aromatic heterocycles. The molecule has 0 spiro atoms. The molecule has 0 atom stereocenters. The highest BCUT2D eigenvalue weighted by Crippen LogP contribution is 2.27. The van der Waals surface area contributed by atoms with Crippen LogP contribution in [-0.2, 0) is 4.79 Å². The number of carbonyl (C=O) groups is 1. The predicted molar refractivity (Wildman–Crippen MR) is 83.7 cm³/mol. The van der Waals surface area contributed by atoms with E-state index in [1.165, 1.54) is 11.8 Å². The minimum Gasteiger partial charge on any atom is -0.350 e. The fourth-order valence-corrected chi connectivity index (χ4v) is 2.72. The van der Waals surface area contributed by atoms with E-state index in [-0.39, 0.29) is 18.8 Å². The summed E-state index contributed by atoms with van der Waals surface area (Å²) in [5.74, 6) is -2.90. The first-order valence-electron chi connectivity index (χ1n) is 5.66. The number of amides is 1. The highest BCUT2D eigenvalue weighted by molar-refractivity contribution is 9.10. The molecule has 3 nitrogen and oxygen atoms in total. The van der Waals surface area contributed by atoms with E-state index in [9.17, 15) is 13.6 Å². The van der Waals surface area contributed by atoms with Gasteiger partial charge in [0, 0.05) is 21.5 Å². The van der Waals surface area contributed by atoms with Crippen molar-refractivity contribution in [1.29, 1.82) is 0 Å². The van der Waals surface area contributed by atoms with E-state index >= 15 is 0 Å². The highest BCUT2D eigenvalue weighted by Gasteiger charge is 2.26. The van der Waals surface area contributed by atoms with Crippen LogP contribution in [-0.4, -0.2) is 30.7 Å².